The summed E-state index contributed by atoms with van der Waals surface area (Å²) in [6.45, 7) is 0. The summed E-state index contributed by atoms with van der Waals surface area (Å²) >= 11 is 0. The molecule has 0 bridgehead atoms. The van der Waals surface area contributed by atoms with Crippen molar-refractivity contribution in [2.45, 2.75) is 0 Å². The largest absolute Gasteiger partial charge is 0.324 e. The Kier molecular flexibility index (Phi) is 2.14. The fraction of sp³-hybridized carbons (Fsp3) is 0. The van der Waals surface area contributed by atoms with Crippen molar-refractivity contribution in [2.24, 2.45) is 5.84 Å². The first-order valence-electron chi connectivity index (χ1n) is 3.04. The summed E-state index contributed by atoms with van der Waals surface area (Å²) in [5, 5.41) is 8.50. The minimum atomic E-state index is 0.433. The molecular weight excluding hydrogens is 137 g/mol. The Bertz CT molecular complexity index is 303. The van der Waals surface area contributed by atoms with E-state index >= 15 is 0 Å². The fourth-order valence-corrected chi connectivity index (χ4v) is 0.754. The lowest BCUT2D eigenvalue weighted by Crippen LogP contribution is -2.12. The van der Waals surface area contributed by atoms with Crippen LogP contribution in [0.1, 0.15) is 5.56 Å². The molecule has 1 rings (SSSR count). The van der Waals surface area contributed by atoms with Gasteiger partial charge in [0.05, 0.1) is 6.07 Å². The van der Waals surface area contributed by atoms with Crippen LogP contribution in [0.2, 0.25) is 0 Å². The second kappa shape index (κ2) is 3.08. The number of nitrogens with two attached hydrogens (primary N) is 1. The first-order valence-corrected chi connectivity index (χ1v) is 3.04. The van der Waals surface area contributed by atoms with Crippen LogP contribution in [0.3, 0.4) is 0 Å². The molecule has 0 atom stereocenters. The Morgan fingerprint density at radius 1 is 1.55 bits per heavy atom. The summed E-state index contributed by atoms with van der Waals surface area (Å²) in [6, 6.07) is 6.87. The van der Waals surface area contributed by atoms with E-state index in [9.17, 15) is 0 Å². The van der Waals surface area contributed by atoms with E-state index in [1.54, 1.807) is 18.2 Å². The smallest absolute Gasteiger partial charge is 0.115 e. The van der Waals surface area contributed by atoms with Crippen molar-refractivity contribution in [3.63, 3.8) is 0 Å². The first kappa shape index (κ1) is 7.64. The second-order valence-corrected chi connectivity index (χ2v) is 2.06. The summed E-state index contributed by atoms with van der Waals surface area (Å²) < 4.78 is 0. The van der Waals surface area contributed by atoms with Crippen molar-refractivity contribution < 1.29 is 0 Å². The van der Waals surface area contributed by atoms with E-state index in [1.165, 1.54) is 0 Å². The van der Waals surface area contributed by atoms with E-state index in [1.807, 2.05) is 6.07 Å². The highest BCUT2D eigenvalue weighted by molar-refractivity contribution is 6.34. The number of nitriles is 1. The van der Waals surface area contributed by atoms with Gasteiger partial charge in [-0.25, -0.2) is 0 Å². The van der Waals surface area contributed by atoms with Gasteiger partial charge in [-0.15, -0.1) is 0 Å². The predicted octanol–water partition coefficient (Wildman–Crippen LogP) is -0.362. The van der Waals surface area contributed by atoms with Gasteiger partial charge in [-0.3, -0.25) is 5.84 Å². The molecular formula is C7H6BN3. The Morgan fingerprint density at radius 2 is 2.27 bits per heavy atom. The van der Waals surface area contributed by atoms with E-state index in [2.05, 4.69) is 5.43 Å². The molecule has 2 radical (unpaired) electrons. The number of benzene rings is 1. The Balaban J connectivity index is 3.12. The number of nitrogen functional groups attached to an aromatic ring is 1. The van der Waals surface area contributed by atoms with Gasteiger partial charge in [-0.1, -0.05) is 5.46 Å². The number of hydrogen-bond donors (Lipinski definition) is 2. The van der Waals surface area contributed by atoms with Crippen LogP contribution < -0.4 is 16.7 Å². The molecule has 0 aromatic heterocycles. The maximum absolute atomic E-state index is 8.50. The molecule has 0 amide bonds. The average molecular weight is 143 g/mol. The summed E-state index contributed by atoms with van der Waals surface area (Å²) in [4.78, 5) is 0. The van der Waals surface area contributed by atoms with Gasteiger partial charge in [0.2, 0.25) is 0 Å². The topological polar surface area (TPSA) is 61.8 Å². The molecule has 11 heavy (non-hydrogen) atoms. The summed E-state index contributed by atoms with van der Waals surface area (Å²) in [5.41, 5.74) is 4.02. The van der Waals surface area contributed by atoms with E-state index in [4.69, 9.17) is 19.0 Å². The highest BCUT2D eigenvalue weighted by Gasteiger charge is 1.95. The van der Waals surface area contributed by atoms with E-state index in [0.717, 1.165) is 0 Å². The van der Waals surface area contributed by atoms with Crippen molar-refractivity contribution in [1.82, 2.24) is 0 Å². The zero-order valence-electron chi connectivity index (χ0n) is 5.83. The molecule has 0 saturated heterocycles. The van der Waals surface area contributed by atoms with Crippen LogP contribution >= 0.6 is 0 Å². The number of nitrogens with one attached hydrogen (secondary N) is 1. The molecule has 0 saturated carbocycles. The zero-order valence-corrected chi connectivity index (χ0v) is 5.83. The molecule has 52 valence electrons. The van der Waals surface area contributed by atoms with E-state index in [0.29, 0.717) is 16.7 Å². The lowest BCUT2D eigenvalue weighted by atomic mass is 9.91. The predicted molar refractivity (Wildman–Crippen MR) is 44.4 cm³/mol. The molecule has 0 spiro atoms. The fourth-order valence-electron chi connectivity index (χ4n) is 0.754. The minimum Gasteiger partial charge on any atom is -0.324 e. The Labute approximate surface area is 66.2 Å². The van der Waals surface area contributed by atoms with E-state index < -0.39 is 0 Å². The van der Waals surface area contributed by atoms with Gasteiger partial charge < -0.3 is 5.43 Å². The molecule has 3 N–H and O–H groups in total. The summed E-state index contributed by atoms with van der Waals surface area (Å²) in [5.74, 6) is 5.12. The second-order valence-electron chi connectivity index (χ2n) is 2.06. The molecule has 0 fully saturated rings. The number of hydrazine groups is 1. The van der Waals surface area contributed by atoms with Gasteiger partial charge in [0.1, 0.15) is 7.85 Å². The normalized spacial score (nSPS) is 8.73. The molecule has 0 heterocycles. The maximum Gasteiger partial charge on any atom is 0.115 e. The van der Waals surface area contributed by atoms with Gasteiger partial charge in [0, 0.05) is 11.3 Å². The summed E-state index contributed by atoms with van der Waals surface area (Å²) in [7, 11) is 5.49. The van der Waals surface area contributed by atoms with Crippen LogP contribution in [-0.2, 0) is 0 Å². The third-order valence-electron chi connectivity index (χ3n) is 1.34. The van der Waals surface area contributed by atoms with Gasteiger partial charge in [-0.05, 0) is 18.2 Å². The van der Waals surface area contributed by atoms with Crippen molar-refractivity contribution in [2.75, 3.05) is 5.43 Å². The Morgan fingerprint density at radius 3 is 2.73 bits per heavy atom. The number of anilines is 1. The van der Waals surface area contributed by atoms with Crippen molar-refractivity contribution in [3.05, 3.63) is 23.8 Å². The molecule has 0 aliphatic carbocycles. The van der Waals surface area contributed by atoms with Crippen LogP contribution in [-0.4, -0.2) is 7.85 Å². The van der Waals surface area contributed by atoms with Gasteiger partial charge in [-0.2, -0.15) is 5.26 Å². The molecule has 0 aliphatic rings. The molecule has 3 nitrogen and oxygen atoms in total. The highest BCUT2D eigenvalue weighted by Crippen LogP contribution is 2.03. The third kappa shape index (κ3) is 1.51. The minimum absolute atomic E-state index is 0.433. The lowest BCUT2D eigenvalue weighted by molar-refractivity contribution is 1.35. The van der Waals surface area contributed by atoms with E-state index in [-0.39, 0.29) is 0 Å². The SMILES string of the molecule is [B]c1cc(NN)ccc1C#N. The van der Waals surface area contributed by atoms with Gasteiger partial charge in [0.15, 0.2) is 0 Å². The van der Waals surface area contributed by atoms with Crippen LogP contribution in [0.25, 0.3) is 0 Å². The quantitative estimate of drug-likeness (QED) is 0.320. The van der Waals surface area contributed by atoms with Crippen LogP contribution in [0.4, 0.5) is 5.69 Å². The van der Waals surface area contributed by atoms with Gasteiger partial charge >= 0.3 is 0 Å². The number of hydrogen-bond acceptors (Lipinski definition) is 3. The monoisotopic (exact) mass is 143 g/mol. The van der Waals surface area contributed by atoms with Crippen LogP contribution in [0.15, 0.2) is 18.2 Å². The third-order valence-corrected chi connectivity index (χ3v) is 1.34. The average Bonchev–Trinajstić information content (AvgIpc) is 2.04. The van der Waals surface area contributed by atoms with Crippen molar-refractivity contribution >= 4 is 19.0 Å². The van der Waals surface area contributed by atoms with Gasteiger partial charge in [0.25, 0.3) is 0 Å². The molecule has 1 aromatic carbocycles. The standard InChI is InChI=1S/C7H6BN3/c8-7-3-6(11-10)2-1-5(7)4-9/h1-3,11H,10H2. The van der Waals surface area contributed by atoms with Crippen molar-refractivity contribution in [1.29, 1.82) is 5.26 Å². The maximum atomic E-state index is 8.50. The number of rotatable bonds is 1. The lowest BCUT2D eigenvalue weighted by Gasteiger charge is -2.01. The zero-order chi connectivity index (χ0) is 8.27. The van der Waals surface area contributed by atoms with Crippen molar-refractivity contribution in [3.8, 4) is 6.07 Å². The highest BCUT2D eigenvalue weighted by atomic mass is 15.2. The van der Waals surface area contributed by atoms with Crippen LogP contribution in [0, 0.1) is 11.3 Å². The van der Waals surface area contributed by atoms with Crippen LogP contribution in [0.5, 0.6) is 0 Å². The molecule has 0 aliphatic heterocycles. The molecule has 1 aromatic rings. The molecule has 4 heteroatoms. The Hall–Kier alpha value is -1.47. The summed E-state index contributed by atoms with van der Waals surface area (Å²) in [6.07, 6.45) is 0. The number of nitrogens with zero attached hydrogens (tertiary/aromatic N) is 1. The first-order chi connectivity index (χ1) is 5.27. The molecule has 0 unspecified atom stereocenters.